The maximum Gasteiger partial charge on any atom is 0.198 e. The molecule has 0 spiro atoms. The van der Waals surface area contributed by atoms with Gasteiger partial charge in [0.2, 0.25) is 0 Å². The number of methoxy groups -OCH3 is 1. The SMILES string of the molecule is COc1cccc(CC2CCCCC2c2nc(-c3ccccc3)c(-c3ccccc3)o2)c1. The average molecular weight is 424 g/mol. The molecule has 162 valence electrons. The van der Waals surface area contributed by atoms with E-state index < -0.39 is 0 Å². The largest absolute Gasteiger partial charge is 0.497 e. The van der Waals surface area contributed by atoms with Crippen LogP contribution in [0.1, 0.15) is 43.1 Å². The molecule has 4 aromatic rings. The number of hydrogen-bond donors (Lipinski definition) is 0. The van der Waals surface area contributed by atoms with E-state index in [1.807, 2.05) is 18.2 Å². The first-order valence-electron chi connectivity index (χ1n) is 11.6. The smallest absolute Gasteiger partial charge is 0.198 e. The van der Waals surface area contributed by atoms with Gasteiger partial charge < -0.3 is 9.15 Å². The molecule has 1 heterocycles. The Morgan fingerprint density at radius 2 is 1.56 bits per heavy atom. The number of ether oxygens (including phenoxy) is 1. The summed E-state index contributed by atoms with van der Waals surface area (Å²) in [5.74, 6) is 3.52. The molecule has 1 aliphatic carbocycles. The zero-order valence-corrected chi connectivity index (χ0v) is 18.5. The molecule has 0 amide bonds. The quantitative estimate of drug-likeness (QED) is 0.321. The highest BCUT2D eigenvalue weighted by Gasteiger charge is 2.32. The van der Waals surface area contributed by atoms with Crippen LogP contribution >= 0.6 is 0 Å². The fraction of sp³-hybridized carbons (Fsp3) is 0.276. The van der Waals surface area contributed by atoms with Crippen molar-refractivity contribution in [1.82, 2.24) is 4.98 Å². The van der Waals surface area contributed by atoms with Gasteiger partial charge >= 0.3 is 0 Å². The van der Waals surface area contributed by atoms with Crippen molar-refractivity contribution in [1.29, 1.82) is 0 Å². The summed E-state index contributed by atoms with van der Waals surface area (Å²) in [5.41, 5.74) is 4.43. The fourth-order valence-electron chi connectivity index (χ4n) is 4.95. The van der Waals surface area contributed by atoms with Gasteiger partial charge in [-0.25, -0.2) is 4.98 Å². The lowest BCUT2D eigenvalue weighted by Crippen LogP contribution is -2.20. The second kappa shape index (κ2) is 9.44. The molecule has 3 aromatic carbocycles. The second-order valence-electron chi connectivity index (χ2n) is 8.67. The lowest BCUT2D eigenvalue weighted by Gasteiger charge is -2.29. The molecule has 1 aliphatic rings. The second-order valence-corrected chi connectivity index (χ2v) is 8.67. The number of benzene rings is 3. The zero-order valence-electron chi connectivity index (χ0n) is 18.5. The summed E-state index contributed by atoms with van der Waals surface area (Å²) in [6.45, 7) is 0. The monoisotopic (exact) mass is 423 g/mol. The normalized spacial score (nSPS) is 18.4. The van der Waals surface area contributed by atoms with Crippen LogP contribution in [-0.2, 0) is 6.42 Å². The predicted octanol–water partition coefficient (Wildman–Crippen LogP) is 7.53. The van der Waals surface area contributed by atoms with E-state index in [0.29, 0.717) is 11.8 Å². The Balaban J connectivity index is 1.51. The Labute approximate surface area is 190 Å². The molecule has 3 heteroatoms. The van der Waals surface area contributed by atoms with E-state index in [-0.39, 0.29) is 0 Å². The molecule has 32 heavy (non-hydrogen) atoms. The molecule has 1 aromatic heterocycles. The highest BCUT2D eigenvalue weighted by Crippen LogP contribution is 2.43. The molecular formula is C29H29NO2. The Kier molecular flexibility index (Phi) is 6.06. The van der Waals surface area contributed by atoms with Gasteiger partial charge in [-0.2, -0.15) is 0 Å². The standard InChI is InChI=1S/C29H29NO2/c1-31-25-17-10-11-21(20-25)19-24-16-8-9-18-26(24)29-30-27(22-12-4-2-5-13-22)28(32-29)23-14-6-3-7-15-23/h2-7,10-15,17,20,24,26H,8-9,16,18-19H2,1H3. The topological polar surface area (TPSA) is 35.3 Å². The van der Waals surface area contributed by atoms with Crippen molar-refractivity contribution in [3.8, 4) is 28.3 Å². The van der Waals surface area contributed by atoms with Crippen LogP contribution < -0.4 is 4.74 Å². The Bertz CT molecular complexity index is 1090. The fourth-order valence-corrected chi connectivity index (χ4v) is 4.95. The molecule has 0 bridgehead atoms. The summed E-state index contributed by atoms with van der Waals surface area (Å²) in [6.07, 6.45) is 5.83. The molecule has 2 unspecified atom stereocenters. The van der Waals surface area contributed by atoms with Gasteiger partial charge in [-0.15, -0.1) is 0 Å². The van der Waals surface area contributed by atoms with Gasteiger partial charge in [0, 0.05) is 17.0 Å². The van der Waals surface area contributed by atoms with Gasteiger partial charge in [0.25, 0.3) is 0 Å². The van der Waals surface area contributed by atoms with Gasteiger partial charge in [-0.05, 0) is 42.9 Å². The number of rotatable bonds is 6. The lowest BCUT2D eigenvalue weighted by atomic mass is 9.76. The number of hydrogen-bond acceptors (Lipinski definition) is 3. The Morgan fingerprint density at radius 1 is 0.844 bits per heavy atom. The van der Waals surface area contributed by atoms with Crippen molar-refractivity contribution in [2.24, 2.45) is 5.92 Å². The minimum absolute atomic E-state index is 0.329. The van der Waals surface area contributed by atoms with Crippen molar-refractivity contribution in [3.63, 3.8) is 0 Å². The summed E-state index contributed by atoms with van der Waals surface area (Å²) in [4.78, 5) is 5.11. The van der Waals surface area contributed by atoms with Crippen LogP contribution in [0.5, 0.6) is 5.75 Å². The summed E-state index contributed by atoms with van der Waals surface area (Å²) < 4.78 is 12.0. The predicted molar refractivity (Wildman–Crippen MR) is 129 cm³/mol. The van der Waals surface area contributed by atoms with Crippen LogP contribution in [0.3, 0.4) is 0 Å². The van der Waals surface area contributed by atoms with Gasteiger partial charge in [0.05, 0.1) is 7.11 Å². The summed E-state index contributed by atoms with van der Waals surface area (Å²) in [6, 6.07) is 29.2. The van der Waals surface area contributed by atoms with Gasteiger partial charge in [-0.3, -0.25) is 0 Å². The van der Waals surface area contributed by atoms with Gasteiger partial charge in [-0.1, -0.05) is 85.6 Å². The molecule has 1 saturated carbocycles. The lowest BCUT2D eigenvalue weighted by molar-refractivity contribution is 0.265. The van der Waals surface area contributed by atoms with Gasteiger partial charge in [0.15, 0.2) is 11.7 Å². The van der Waals surface area contributed by atoms with Crippen LogP contribution in [0.15, 0.2) is 89.3 Å². The van der Waals surface area contributed by atoms with E-state index in [2.05, 4.69) is 66.7 Å². The van der Waals surface area contributed by atoms with Crippen LogP contribution in [0.4, 0.5) is 0 Å². The maximum atomic E-state index is 6.57. The average Bonchev–Trinajstić information content (AvgIpc) is 3.31. The van der Waals surface area contributed by atoms with Crippen molar-refractivity contribution < 1.29 is 9.15 Å². The highest BCUT2D eigenvalue weighted by atomic mass is 16.5. The molecule has 1 fully saturated rings. The minimum atomic E-state index is 0.329. The molecule has 0 saturated heterocycles. The molecule has 0 aliphatic heterocycles. The third-order valence-electron chi connectivity index (χ3n) is 6.59. The van der Waals surface area contributed by atoms with Crippen molar-refractivity contribution >= 4 is 0 Å². The van der Waals surface area contributed by atoms with Crippen LogP contribution in [0.25, 0.3) is 22.6 Å². The van der Waals surface area contributed by atoms with Crippen molar-refractivity contribution in [2.45, 2.75) is 38.0 Å². The van der Waals surface area contributed by atoms with E-state index in [1.54, 1.807) is 7.11 Å². The maximum absolute atomic E-state index is 6.57. The molecule has 0 N–H and O–H groups in total. The van der Waals surface area contributed by atoms with Crippen LogP contribution in [0.2, 0.25) is 0 Å². The summed E-state index contributed by atoms with van der Waals surface area (Å²) in [5, 5.41) is 0. The first-order chi connectivity index (χ1) is 15.8. The van der Waals surface area contributed by atoms with E-state index >= 15 is 0 Å². The van der Waals surface area contributed by atoms with Crippen molar-refractivity contribution in [2.75, 3.05) is 7.11 Å². The van der Waals surface area contributed by atoms with E-state index in [0.717, 1.165) is 47.1 Å². The highest BCUT2D eigenvalue weighted by molar-refractivity contribution is 5.76. The Morgan fingerprint density at radius 3 is 2.31 bits per heavy atom. The molecule has 5 rings (SSSR count). The minimum Gasteiger partial charge on any atom is -0.497 e. The van der Waals surface area contributed by atoms with E-state index in [9.17, 15) is 0 Å². The molecule has 2 atom stereocenters. The third kappa shape index (κ3) is 4.34. The van der Waals surface area contributed by atoms with Crippen LogP contribution in [-0.4, -0.2) is 12.1 Å². The van der Waals surface area contributed by atoms with Crippen LogP contribution in [0, 0.1) is 5.92 Å². The van der Waals surface area contributed by atoms with Crippen molar-refractivity contribution in [3.05, 3.63) is 96.4 Å². The first-order valence-corrected chi connectivity index (χ1v) is 11.6. The third-order valence-corrected chi connectivity index (χ3v) is 6.59. The summed E-state index contributed by atoms with van der Waals surface area (Å²) in [7, 11) is 1.73. The first kappa shape index (κ1) is 20.6. The van der Waals surface area contributed by atoms with Gasteiger partial charge in [0.1, 0.15) is 11.4 Å². The number of aromatic nitrogens is 1. The molecule has 0 radical (unpaired) electrons. The molecular weight excluding hydrogens is 394 g/mol. The number of oxazole rings is 1. The van der Waals surface area contributed by atoms with E-state index in [4.69, 9.17) is 14.1 Å². The van der Waals surface area contributed by atoms with E-state index in [1.165, 1.54) is 24.8 Å². The zero-order chi connectivity index (χ0) is 21.8. The summed E-state index contributed by atoms with van der Waals surface area (Å²) >= 11 is 0. The number of nitrogens with zero attached hydrogens (tertiary/aromatic N) is 1. The Hall–Kier alpha value is -3.33. The molecule has 3 nitrogen and oxygen atoms in total.